The van der Waals surface area contributed by atoms with Crippen molar-refractivity contribution in [2.75, 3.05) is 7.11 Å². The third-order valence-corrected chi connectivity index (χ3v) is 3.53. The second kappa shape index (κ2) is 5.78. The van der Waals surface area contributed by atoms with Crippen LogP contribution in [0.4, 0.5) is 0 Å². The maximum atomic E-state index is 10.4. The van der Waals surface area contributed by atoms with E-state index in [1.807, 2.05) is 0 Å². The number of aliphatic hydroxyl groups is 2. The Morgan fingerprint density at radius 1 is 1.00 bits per heavy atom. The van der Waals surface area contributed by atoms with Gasteiger partial charge in [-0.25, -0.2) is 0 Å². The lowest BCUT2D eigenvalue weighted by Crippen LogP contribution is -2.08. The molecule has 0 radical (unpaired) electrons. The van der Waals surface area contributed by atoms with Gasteiger partial charge in [0, 0.05) is 23.6 Å². The first-order valence-corrected chi connectivity index (χ1v) is 6.60. The zero-order chi connectivity index (χ0) is 16.6. The molecule has 0 saturated carbocycles. The van der Waals surface area contributed by atoms with E-state index in [1.54, 1.807) is 0 Å². The summed E-state index contributed by atoms with van der Waals surface area (Å²) in [6, 6.07) is 1.09. The lowest BCUT2D eigenvalue weighted by Gasteiger charge is -2.18. The maximum absolute atomic E-state index is 10.4. The normalized spacial score (nSPS) is 12.5. The van der Waals surface area contributed by atoms with Crippen LogP contribution < -0.4 is 4.74 Å². The Kier molecular flexibility index (Phi) is 4.20. The van der Waals surface area contributed by atoms with Crippen molar-refractivity contribution in [1.29, 1.82) is 0 Å². The van der Waals surface area contributed by atoms with Crippen LogP contribution in [-0.2, 0) is 13.0 Å². The van der Waals surface area contributed by atoms with Crippen molar-refractivity contribution in [1.82, 2.24) is 0 Å². The Morgan fingerprint density at radius 2 is 1.59 bits per heavy atom. The third kappa shape index (κ3) is 2.34. The molecule has 0 amide bonds. The molecule has 1 unspecified atom stereocenters. The highest BCUT2D eigenvalue weighted by atomic mass is 16.5. The molecule has 0 spiro atoms. The van der Waals surface area contributed by atoms with E-state index < -0.39 is 35.7 Å². The standard InChI is InChI=1S/C15H18O7/c1-6(17)3-7-8(5-16)14(20)11-9(18)4-10(22-2)15(21)12(11)13(7)19/h4,6,16-21H,3,5H2,1-2H3. The molecule has 2 aromatic carbocycles. The first-order valence-electron chi connectivity index (χ1n) is 6.60. The molecule has 0 heterocycles. The number of hydrogen-bond donors (Lipinski definition) is 6. The van der Waals surface area contributed by atoms with Crippen molar-refractivity contribution in [2.24, 2.45) is 0 Å². The molecule has 0 aromatic heterocycles. The summed E-state index contributed by atoms with van der Waals surface area (Å²) in [4.78, 5) is 0. The van der Waals surface area contributed by atoms with Gasteiger partial charge in [0.2, 0.25) is 0 Å². The second-order valence-corrected chi connectivity index (χ2v) is 5.06. The van der Waals surface area contributed by atoms with Crippen LogP contribution in [0.25, 0.3) is 10.8 Å². The smallest absolute Gasteiger partial charge is 0.169 e. The van der Waals surface area contributed by atoms with Gasteiger partial charge in [-0.2, -0.15) is 0 Å². The summed E-state index contributed by atoms with van der Waals surface area (Å²) >= 11 is 0. The van der Waals surface area contributed by atoms with E-state index in [0.29, 0.717) is 0 Å². The largest absolute Gasteiger partial charge is 0.507 e. The number of aromatic hydroxyl groups is 4. The molecule has 120 valence electrons. The number of benzene rings is 2. The summed E-state index contributed by atoms with van der Waals surface area (Å²) < 4.78 is 4.90. The Labute approximate surface area is 126 Å². The molecule has 0 saturated heterocycles. The van der Waals surface area contributed by atoms with Crippen LogP contribution >= 0.6 is 0 Å². The van der Waals surface area contributed by atoms with Crippen molar-refractivity contribution >= 4 is 10.8 Å². The van der Waals surface area contributed by atoms with E-state index in [-0.39, 0.29) is 34.1 Å². The molecule has 0 aliphatic rings. The average molecular weight is 310 g/mol. The number of phenols is 4. The predicted molar refractivity (Wildman–Crippen MR) is 78.5 cm³/mol. The average Bonchev–Trinajstić information content (AvgIpc) is 2.46. The lowest BCUT2D eigenvalue weighted by atomic mass is 9.93. The number of methoxy groups -OCH3 is 1. The molecule has 0 bridgehead atoms. The van der Waals surface area contributed by atoms with Crippen molar-refractivity contribution in [3.05, 3.63) is 17.2 Å². The minimum absolute atomic E-state index is 0.0224. The summed E-state index contributed by atoms with van der Waals surface area (Å²) in [7, 11) is 1.27. The van der Waals surface area contributed by atoms with Crippen LogP contribution in [-0.4, -0.2) is 43.9 Å². The van der Waals surface area contributed by atoms with Crippen LogP contribution in [0.2, 0.25) is 0 Å². The Bertz CT molecular complexity index is 722. The zero-order valence-corrected chi connectivity index (χ0v) is 12.2. The van der Waals surface area contributed by atoms with Gasteiger partial charge in [-0.3, -0.25) is 0 Å². The van der Waals surface area contributed by atoms with Gasteiger partial charge in [-0.1, -0.05) is 0 Å². The third-order valence-electron chi connectivity index (χ3n) is 3.53. The molecule has 0 aliphatic heterocycles. The molecule has 7 nitrogen and oxygen atoms in total. The SMILES string of the molecule is COc1cc(O)c2c(O)c(CO)c(CC(C)O)c(O)c2c1O. The topological polar surface area (TPSA) is 131 Å². The highest BCUT2D eigenvalue weighted by Gasteiger charge is 2.25. The summed E-state index contributed by atoms with van der Waals surface area (Å²) in [6.45, 7) is 0.869. The Hall–Kier alpha value is -2.38. The van der Waals surface area contributed by atoms with Crippen LogP contribution in [0.3, 0.4) is 0 Å². The Balaban J connectivity index is 2.98. The number of aliphatic hydroxyl groups excluding tert-OH is 2. The highest BCUT2D eigenvalue weighted by molar-refractivity contribution is 6.04. The highest BCUT2D eigenvalue weighted by Crippen LogP contribution is 2.51. The van der Waals surface area contributed by atoms with Crippen LogP contribution in [0.1, 0.15) is 18.1 Å². The van der Waals surface area contributed by atoms with Crippen molar-refractivity contribution in [3.63, 3.8) is 0 Å². The fourth-order valence-corrected chi connectivity index (χ4v) is 2.53. The minimum Gasteiger partial charge on any atom is -0.507 e. The quantitative estimate of drug-likeness (QED) is 0.466. The first-order chi connectivity index (χ1) is 10.3. The van der Waals surface area contributed by atoms with Gasteiger partial charge in [0.05, 0.1) is 30.6 Å². The molecule has 0 fully saturated rings. The van der Waals surface area contributed by atoms with E-state index in [2.05, 4.69) is 0 Å². The summed E-state index contributed by atoms with van der Waals surface area (Å²) in [5.41, 5.74) is 0.0659. The molecule has 22 heavy (non-hydrogen) atoms. The molecule has 2 rings (SSSR count). The van der Waals surface area contributed by atoms with E-state index >= 15 is 0 Å². The first kappa shape index (κ1) is 16.0. The summed E-state index contributed by atoms with van der Waals surface area (Å²) in [6.07, 6.45) is -0.905. The van der Waals surface area contributed by atoms with E-state index in [4.69, 9.17) is 4.74 Å². The van der Waals surface area contributed by atoms with Gasteiger partial charge >= 0.3 is 0 Å². The van der Waals surface area contributed by atoms with Crippen LogP contribution in [0.5, 0.6) is 28.7 Å². The molecule has 1 atom stereocenters. The summed E-state index contributed by atoms with van der Waals surface area (Å²) in [5.74, 6) is -1.87. The molecule has 6 N–H and O–H groups in total. The van der Waals surface area contributed by atoms with Gasteiger partial charge in [0.25, 0.3) is 0 Å². The fourth-order valence-electron chi connectivity index (χ4n) is 2.53. The number of ether oxygens (including phenoxy) is 1. The molecule has 0 aliphatic carbocycles. The van der Waals surface area contributed by atoms with E-state index in [0.717, 1.165) is 6.07 Å². The van der Waals surface area contributed by atoms with Gasteiger partial charge in [0.1, 0.15) is 17.2 Å². The molecule has 7 heteroatoms. The molecule has 2 aromatic rings. The van der Waals surface area contributed by atoms with Crippen LogP contribution in [0.15, 0.2) is 6.07 Å². The number of rotatable bonds is 4. The Morgan fingerprint density at radius 3 is 2.09 bits per heavy atom. The van der Waals surface area contributed by atoms with Gasteiger partial charge in [0.15, 0.2) is 11.5 Å². The van der Waals surface area contributed by atoms with E-state index in [9.17, 15) is 30.6 Å². The monoisotopic (exact) mass is 310 g/mol. The zero-order valence-electron chi connectivity index (χ0n) is 12.2. The van der Waals surface area contributed by atoms with E-state index in [1.165, 1.54) is 14.0 Å². The summed E-state index contributed by atoms with van der Waals surface area (Å²) in [5, 5.41) is 59.4. The van der Waals surface area contributed by atoms with Crippen molar-refractivity contribution < 1.29 is 35.4 Å². The molecular weight excluding hydrogens is 292 g/mol. The number of fused-ring (bicyclic) bond motifs is 1. The van der Waals surface area contributed by atoms with Crippen LogP contribution in [0, 0.1) is 0 Å². The second-order valence-electron chi connectivity index (χ2n) is 5.06. The number of phenolic OH excluding ortho intramolecular Hbond substituents is 3. The van der Waals surface area contributed by atoms with Crippen molar-refractivity contribution in [3.8, 4) is 28.7 Å². The minimum atomic E-state index is -0.852. The lowest BCUT2D eigenvalue weighted by molar-refractivity contribution is 0.192. The molecular formula is C15H18O7. The number of hydrogen-bond acceptors (Lipinski definition) is 7. The van der Waals surface area contributed by atoms with Gasteiger partial charge in [-0.15, -0.1) is 0 Å². The fraction of sp³-hybridized carbons (Fsp3) is 0.333. The van der Waals surface area contributed by atoms with Gasteiger partial charge in [-0.05, 0) is 6.92 Å². The maximum Gasteiger partial charge on any atom is 0.169 e. The predicted octanol–water partition coefficient (Wildman–Crippen LogP) is 1.09. The van der Waals surface area contributed by atoms with Crippen molar-refractivity contribution in [2.45, 2.75) is 26.1 Å². The van der Waals surface area contributed by atoms with Gasteiger partial charge < -0.3 is 35.4 Å².